The number of nitrogens with zero attached hydrogens (tertiary/aromatic N) is 2. The highest BCUT2D eigenvalue weighted by atomic mass is 79.9. The van der Waals surface area contributed by atoms with Gasteiger partial charge >= 0.3 is 0 Å². The van der Waals surface area contributed by atoms with Gasteiger partial charge in [0.1, 0.15) is 5.75 Å². The SMILES string of the molecule is Cc1cc(NC(=O)CSc2nnc(-c3ccc(Br)cc3)o2)ccc1O. The first kappa shape index (κ1) is 17.5. The molecule has 128 valence electrons. The number of thioether (sulfide) groups is 1. The second-order valence-electron chi connectivity index (χ2n) is 5.22. The summed E-state index contributed by atoms with van der Waals surface area (Å²) in [5.74, 6) is 0.545. The van der Waals surface area contributed by atoms with Gasteiger partial charge in [-0.3, -0.25) is 4.79 Å². The molecule has 0 aliphatic heterocycles. The number of halogens is 1. The molecule has 2 aromatic carbocycles. The lowest BCUT2D eigenvalue weighted by Gasteiger charge is -2.06. The molecule has 0 saturated carbocycles. The zero-order valence-electron chi connectivity index (χ0n) is 13.2. The van der Waals surface area contributed by atoms with Gasteiger partial charge in [0.15, 0.2) is 0 Å². The van der Waals surface area contributed by atoms with E-state index in [1.165, 1.54) is 0 Å². The van der Waals surface area contributed by atoms with Gasteiger partial charge in [-0.25, -0.2) is 0 Å². The van der Waals surface area contributed by atoms with Crippen molar-refractivity contribution in [3.05, 3.63) is 52.5 Å². The first-order valence-corrected chi connectivity index (χ1v) is 9.11. The monoisotopic (exact) mass is 419 g/mol. The molecule has 0 unspecified atom stereocenters. The number of phenolic OH excluding ortho intramolecular Hbond substituents is 1. The first-order chi connectivity index (χ1) is 12.0. The van der Waals surface area contributed by atoms with E-state index in [2.05, 4.69) is 31.4 Å². The van der Waals surface area contributed by atoms with Crippen LogP contribution in [0.5, 0.6) is 5.75 Å². The van der Waals surface area contributed by atoms with Crippen molar-refractivity contribution in [1.82, 2.24) is 10.2 Å². The molecule has 1 heterocycles. The maximum Gasteiger partial charge on any atom is 0.277 e. The molecule has 0 bridgehead atoms. The van der Waals surface area contributed by atoms with Gasteiger partial charge in [0, 0.05) is 15.7 Å². The summed E-state index contributed by atoms with van der Waals surface area (Å²) in [4.78, 5) is 12.0. The van der Waals surface area contributed by atoms with Crippen LogP contribution in [0.4, 0.5) is 5.69 Å². The van der Waals surface area contributed by atoms with Crippen molar-refractivity contribution in [2.24, 2.45) is 0 Å². The lowest BCUT2D eigenvalue weighted by molar-refractivity contribution is -0.113. The number of amides is 1. The molecule has 0 aliphatic rings. The fourth-order valence-corrected chi connectivity index (χ4v) is 2.86. The van der Waals surface area contributed by atoms with Crippen LogP contribution in [0.1, 0.15) is 5.56 Å². The molecule has 0 spiro atoms. The Morgan fingerprint density at radius 3 is 2.72 bits per heavy atom. The largest absolute Gasteiger partial charge is 0.508 e. The lowest BCUT2D eigenvalue weighted by Crippen LogP contribution is -2.14. The molecule has 0 aliphatic carbocycles. The lowest BCUT2D eigenvalue weighted by atomic mass is 10.2. The van der Waals surface area contributed by atoms with Crippen LogP contribution in [0, 0.1) is 6.92 Å². The summed E-state index contributed by atoms with van der Waals surface area (Å²) in [5.41, 5.74) is 2.13. The summed E-state index contributed by atoms with van der Waals surface area (Å²) in [5, 5.41) is 20.5. The van der Waals surface area contributed by atoms with E-state index in [1.54, 1.807) is 25.1 Å². The molecule has 1 aromatic heterocycles. The minimum Gasteiger partial charge on any atom is -0.508 e. The molecule has 3 aromatic rings. The summed E-state index contributed by atoms with van der Waals surface area (Å²) in [6, 6.07) is 12.4. The number of hydrogen-bond acceptors (Lipinski definition) is 6. The van der Waals surface area contributed by atoms with Gasteiger partial charge in [-0.15, -0.1) is 10.2 Å². The molecule has 25 heavy (non-hydrogen) atoms. The quantitative estimate of drug-likeness (QED) is 0.474. The van der Waals surface area contributed by atoms with Crippen LogP contribution in [-0.2, 0) is 4.79 Å². The van der Waals surface area contributed by atoms with Crippen molar-refractivity contribution in [3.8, 4) is 17.2 Å². The normalized spacial score (nSPS) is 10.6. The van der Waals surface area contributed by atoms with Gasteiger partial charge in [-0.1, -0.05) is 27.7 Å². The number of aryl methyl sites for hydroxylation is 1. The zero-order chi connectivity index (χ0) is 17.8. The van der Waals surface area contributed by atoms with E-state index in [1.807, 2.05) is 24.3 Å². The van der Waals surface area contributed by atoms with Crippen LogP contribution in [-0.4, -0.2) is 27.0 Å². The Labute approximate surface area is 156 Å². The second-order valence-corrected chi connectivity index (χ2v) is 7.06. The van der Waals surface area contributed by atoms with Gasteiger partial charge in [0.2, 0.25) is 11.8 Å². The van der Waals surface area contributed by atoms with Gasteiger partial charge in [-0.05, 0) is 55.0 Å². The van der Waals surface area contributed by atoms with Crippen molar-refractivity contribution in [3.63, 3.8) is 0 Å². The van der Waals surface area contributed by atoms with E-state index in [9.17, 15) is 9.90 Å². The molecule has 8 heteroatoms. The smallest absolute Gasteiger partial charge is 0.277 e. The fraction of sp³-hybridized carbons (Fsp3) is 0.118. The number of carbonyl (C=O) groups is 1. The van der Waals surface area contributed by atoms with E-state index in [4.69, 9.17) is 4.42 Å². The number of rotatable bonds is 5. The van der Waals surface area contributed by atoms with E-state index >= 15 is 0 Å². The average molecular weight is 420 g/mol. The number of carbonyl (C=O) groups excluding carboxylic acids is 1. The summed E-state index contributed by atoms with van der Waals surface area (Å²) >= 11 is 4.53. The van der Waals surface area contributed by atoms with Crippen LogP contribution < -0.4 is 5.32 Å². The standard InChI is InChI=1S/C17H14BrN3O3S/c1-10-8-13(6-7-14(10)22)19-15(23)9-25-17-21-20-16(24-17)11-2-4-12(18)5-3-11/h2-8,22H,9H2,1H3,(H,19,23). The van der Waals surface area contributed by atoms with Crippen molar-refractivity contribution in [2.75, 3.05) is 11.1 Å². The van der Waals surface area contributed by atoms with Crippen LogP contribution in [0.25, 0.3) is 11.5 Å². The van der Waals surface area contributed by atoms with Gasteiger partial charge in [0.05, 0.1) is 5.75 Å². The van der Waals surface area contributed by atoms with Crippen LogP contribution in [0.2, 0.25) is 0 Å². The summed E-state index contributed by atoms with van der Waals surface area (Å²) in [7, 11) is 0. The van der Waals surface area contributed by atoms with Crippen molar-refractivity contribution in [1.29, 1.82) is 0 Å². The van der Waals surface area contributed by atoms with E-state index < -0.39 is 0 Å². The Kier molecular flexibility index (Phi) is 5.40. The minimum absolute atomic E-state index is 0.141. The van der Waals surface area contributed by atoms with Crippen LogP contribution >= 0.6 is 27.7 Å². The van der Waals surface area contributed by atoms with Gasteiger partial charge in [0.25, 0.3) is 5.22 Å². The van der Waals surface area contributed by atoms with Crippen LogP contribution in [0.3, 0.4) is 0 Å². The van der Waals surface area contributed by atoms with E-state index in [-0.39, 0.29) is 17.4 Å². The van der Waals surface area contributed by atoms with Gasteiger partial charge in [-0.2, -0.15) is 0 Å². The number of nitrogens with one attached hydrogen (secondary N) is 1. The first-order valence-electron chi connectivity index (χ1n) is 7.33. The van der Waals surface area contributed by atoms with Crippen LogP contribution in [0.15, 0.2) is 56.6 Å². The summed E-state index contributed by atoms with van der Waals surface area (Å²) in [6.07, 6.45) is 0. The summed E-state index contributed by atoms with van der Waals surface area (Å²) in [6.45, 7) is 1.77. The van der Waals surface area contributed by atoms with Gasteiger partial charge < -0.3 is 14.8 Å². The Morgan fingerprint density at radius 2 is 2.00 bits per heavy atom. The average Bonchev–Trinajstić information content (AvgIpc) is 3.06. The fourth-order valence-electron chi connectivity index (χ4n) is 2.03. The number of phenols is 1. The Hall–Kier alpha value is -2.32. The molecule has 1 amide bonds. The van der Waals surface area contributed by atoms with Crippen molar-refractivity contribution >= 4 is 39.3 Å². The molecule has 0 fully saturated rings. The molecule has 0 saturated heterocycles. The zero-order valence-corrected chi connectivity index (χ0v) is 15.6. The predicted molar refractivity (Wildman–Crippen MR) is 99.6 cm³/mol. The molecular formula is C17H14BrN3O3S. The third-order valence-corrected chi connectivity index (χ3v) is 4.65. The highest BCUT2D eigenvalue weighted by Crippen LogP contribution is 2.25. The minimum atomic E-state index is -0.196. The highest BCUT2D eigenvalue weighted by molar-refractivity contribution is 9.10. The predicted octanol–water partition coefficient (Wildman–Crippen LogP) is 4.24. The molecule has 3 rings (SSSR count). The van der Waals surface area contributed by atoms with E-state index in [0.29, 0.717) is 22.4 Å². The molecule has 6 nitrogen and oxygen atoms in total. The Morgan fingerprint density at radius 1 is 1.24 bits per heavy atom. The number of aromatic nitrogens is 2. The molecular weight excluding hydrogens is 406 g/mol. The Balaban J connectivity index is 1.57. The number of benzene rings is 2. The van der Waals surface area contributed by atoms with E-state index in [0.717, 1.165) is 21.8 Å². The summed E-state index contributed by atoms with van der Waals surface area (Å²) < 4.78 is 6.52. The Bertz CT molecular complexity index is 896. The number of hydrogen-bond donors (Lipinski definition) is 2. The number of aromatic hydroxyl groups is 1. The van der Waals surface area contributed by atoms with Crippen molar-refractivity contribution < 1.29 is 14.3 Å². The highest BCUT2D eigenvalue weighted by Gasteiger charge is 2.11. The maximum absolute atomic E-state index is 12.0. The molecule has 2 N–H and O–H groups in total. The second kappa shape index (κ2) is 7.71. The molecule has 0 radical (unpaired) electrons. The molecule has 0 atom stereocenters. The third kappa shape index (κ3) is 4.61. The van der Waals surface area contributed by atoms with Crippen molar-refractivity contribution in [2.45, 2.75) is 12.1 Å². The number of anilines is 1. The third-order valence-electron chi connectivity index (χ3n) is 3.30. The topological polar surface area (TPSA) is 88.3 Å². The maximum atomic E-state index is 12.0.